The van der Waals surface area contributed by atoms with Crippen molar-refractivity contribution in [3.8, 4) is 0 Å². The Kier molecular flexibility index (Phi) is 10.5. The second kappa shape index (κ2) is 12.8. The third-order valence-electron chi connectivity index (χ3n) is 4.42. The van der Waals surface area contributed by atoms with Gasteiger partial charge in [-0.05, 0) is 18.9 Å². The summed E-state index contributed by atoms with van der Waals surface area (Å²) in [5, 5.41) is 24.3. The molecule has 0 saturated carbocycles. The molecule has 0 saturated heterocycles. The molecule has 33 heavy (non-hydrogen) atoms. The molecule has 0 aliphatic rings. The molecule has 0 heterocycles. The minimum Gasteiger partial charge on any atom is -0.481 e. The number of rotatable bonds is 13. The van der Waals surface area contributed by atoms with Crippen LogP contribution in [0.25, 0.3) is 0 Å². The number of benzene rings is 1. The third kappa shape index (κ3) is 9.78. The number of nitrogens with one attached hydrogen (secondary N) is 3. The Morgan fingerprint density at radius 2 is 1.42 bits per heavy atom. The van der Waals surface area contributed by atoms with Crippen molar-refractivity contribution in [1.29, 1.82) is 0 Å². The highest BCUT2D eigenvalue weighted by molar-refractivity contribution is 5.96. The lowest BCUT2D eigenvalue weighted by atomic mass is 10.1. The molecule has 0 radical (unpaired) electrons. The molecular formula is C20H27N5O8. The quantitative estimate of drug-likeness (QED) is 0.162. The van der Waals surface area contributed by atoms with Crippen LogP contribution in [-0.2, 0) is 35.2 Å². The molecule has 0 aliphatic heterocycles. The first kappa shape index (κ1) is 27.0. The zero-order chi connectivity index (χ0) is 25.1. The predicted octanol–water partition coefficient (Wildman–Crippen LogP) is -2.53. The number of hydrogen-bond acceptors (Lipinski definition) is 7. The van der Waals surface area contributed by atoms with E-state index in [0.717, 1.165) is 5.56 Å². The Balaban J connectivity index is 2.76. The van der Waals surface area contributed by atoms with E-state index in [-0.39, 0.29) is 6.42 Å². The summed E-state index contributed by atoms with van der Waals surface area (Å²) < 4.78 is 0. The fourth-order valence-corrected chi connectivity index (χ4v) is 2.70. The molecule has 0 aromatic heterocycles. The molecule has 180 valence electrons. The van der Waals surface area contributed by atoms with Crippen LogP contribution >= 0.6 is 0 Å². The number of carboxylic acids is 2. The second-order valence-corrected chi connectivity index (χ2v) is 7.26. The van der Waals surface area contributed by atoms with Crippen LogP contribution in [0.2, 0.25) is 0 Å². The Bertz CT molecular complexity index is 892. The summed E-state index contributed by atoms with van der Waals surface area (Å²) in [4.78, 5) is 70.3. The van der Waals surface area contributed by atoms with Gasteiger partial charge in [0.1, 0.15) is 18.1 Å². The molecule has 0 fully saturated rings. The lowest BCUT2D eigenvalue weighted by molar-refractivity contribution is -0.147. The standard InChI is InChI=1S/C20H27N5O8/c1-10(23-18(30)12(21)7-11-5-3-2-4-6-11)17(29)24-13(8-15(22)26)19(31)25-14(20(32)33)9-16(27)28/h2-6,10,12-14H,7-9,21H2,1H3,(H2,22,26)(H,23,30)(H,24,29)(H,25,31)(H,27,28)(H,32,33). The summed E-state index contributed by atoms with van der Waals surface area (Å²) in [6, 6.07) is 3.42. The van der Waals surface area contributed by atoms with Crippen molar-refractivity contribution < 1.29 is 39.0 Å². The van der Waals surface area contributed by atoms with Crippen LogP contribution in [0.3, 0.4) is 0 Å². The average molecular weight is 465 g/mol. The summed E-state index contributed by atoms with van der Waals surface area (Å²) >= 11 is 0. The first-order chi connectivity index (χ1) is 15.4. The Morgan fingerprint density at radius 1 is 0.848 bits per heavy atom. The minimum atomic E-state index is -1.80. The fourth-order valence-electron chi connectivity index (χ4n) is 2.70. The van der Waals surface area contributed by atoms with Crippen molar-refractivity contribution >= 4 is 35.6 Å². The average Bonchev–Trinajstić information content (AvgIpc) is 2.72. The zero-order valence-corrected chi connectivity index (χ0v) is 17.8. The van der Waals surface area contributed by atoms with Gasteiger partial charge in [-0.2, -0.15) is 0 Å². The molecule has 1 rings (SSSR count). The van der Waals surface area contributed by atoms with Crippen molar-refractivity contribution in [1.82, 2.24) is 16.0 Å². The molecule has 0 bridgehead atoms. The number of aliphatic carboxylic acids is 2. The molecular weight excluding hydrogens is 438 g/mol. The minimum absolute atomic E-state index is 0.216. The molecule has 1 aromatic carbocycles. The molecule has 9 N–H and O–H groups in total. The van der Waals surface area contributed by atoms with Gasteiger partial charge in [-0.3, -0.25) is 24.0 Å². The maximum absolute atomic E-state index is 12.4. The van der Waals surface area contributed by atoms with E-state index in [2.05, 4.69) is 10.6 Å². The first-order valence-corrected chi connectivity index (χ1v) is 9.84. The van der Waals surface area contributed by atoms with E-state index in [9.17, 15) is 28.8 Å². The number of carbonyl (C=O) groups excluding carboxylic acids is 4. The molecule has 13 nitrogen and oxygen atoms in total. The van der Waals surface area contributed by atoms with Gasteiger partial charge in [-0.25, -0.2) is 4.79 Å². The van der Waals surface area contributed by atoms with E-state index in [4.69, 9.17) is 21.7 Å². The molecule has 0 spiro atoms. The van der Waals surface area contributed by atoms with Crippen LogP contribution in [0.1, 0.15) is 25.3 Å². The topological polar surface area (TPSA) is 231 Å². The maximum Gasteiger partial charge on any atom is 0.326 e. The zero-order valence-electron chi connectivity index (χ0n) is 17.8. The van der Waals surface area contributed by atoms with Gasteiger partial charge in [0.2, 0.25) is 23.6 Å². The summed E-state index contributed by atoms with van der Waals surface area (Å²) in [5.74, 6) is -6.73. The van der Waals surface area contributed by atoms with Gasteiger partial charge in [-0.1, -0.05) is 30.3 Å². The third-order valence-corrected chi connectivity index (χ3v) is 4.42. The monoisotopic (exact) mass is 465 g/mol. The van der Waals surface area contributed by atoms with Crippen LogP contribution in [0, 0.1) is 0 Å². The van der Waals surface area contributed by atoms with Crippen LogP contribution in [-0.4, -0.2) is 69.9 Å². The van der Waals surface area contributed by atoms with Crippen LogP contribution in [0.5, 0.6) is 0 Å². The van der Waals surface area contributed by atoms with E-state index in [1.54, 1.807) is 30.3 Å². The predicted molar refractivity (Wildman–Crippen MR) is 113 cm³/mol. The largest absolute Gasteiger partial charge is 0.481 e. The summed E-state index contributed by atoms with van der Waals surface area (Å²) in [5.41, 5.74) is 11.8. The van der Waals surface area contributed by atoms with Crippen molar-refractivity contribution in [2.45, 2.75) is 50.4 Å². The Labute approximate surface area is 188 Å². The van der Waals surface area contributed by atoms with Crippen molar-refractivity contribution in [3.63, 3.8) is 0 Å². The van der Waals surface area contributed by atoms with Gasteiger partial charge in [0.15, 0.2) is 0 Å². The van der Waals surface area contributed by atoms with Crippen molar-refractivity contribution in [3.05, 3.63) is 35.9 Å². The van der Waals surface area contributed by atoms with Gasteiger partial charge in [-0.15, -0.1) is 0 Å². The van der Waals surface area contributed by atoms with Crippen LogP contribution < -0.4 is 27.4 Å². The lowest BCUT2D eigenvalue weighted by Crippen LogP contribution is -2.57. The van der Waals surface area contributed by atoms with Gasteiger partial charge in [0.25, 0.3) is 0 Å². The maximum atomic E-state index is 12.4. The highest BCUT2D eigenvalue weighted by atomic mass is 16.4. The number of carboxylic acid groups (broad SMARTS) is 2. The number of hydrogen-bond donors (Lipinski definition) is 7. The second-order valence-electron chi connectivity index (χ2n) is 7.26. The highest BCUT2D eigenvalue weighted by Crippen LogP contribution is 2.03. The summed E-state index contributed by atoms with van der Waals surface area (Å²) in [7, 11) is 0. The van der Waals surface area contributed by atoms with Gasteiger partial charge < -0.3 is 37.6 Å². The molecule has 4 atom stereocenters. The number of nitrogens with two attached hydrogens (primary N) is 2. The van der Waals surface area contributed by atoms with E-state index < -0.39 is 72.6 Å². The molecule has 13 heteroatoms. The van der Waals surface area contributed by atoms with Gasteiger partial charge >= 0.3 is 11.9 Å². The molecule has 1 aromatic rings. The van der Waals surface area contributed by atoms with Gasteiger partial charge in [0, 0.05) is 0 Å². The van der Waals surface area contributed by atoms with Crippen molar-refractivity contribution in [2.75, 3.05) is 0 Å². The van der Waals surface area contributed by atoms with E-state index >= 15 is 0 Å². The Morgan fingerprint density at radius 3 is 1.94 bits per heavy atom. The van der Waals surface area contributed by atoms with E-state index in [1.165, 1.54) is 6.92 Å². The van der Waals surface area contributed by atoms with Crippen LogP contribution in [0.15, 0.2) is 30.3 Å². The summed E-state index contributed by atoms with van der Waals surface area (Å²) in [6.45, 7) is 1.31. The molecule has 4 amide bonds. The SMILES string of the molecule is CC(NC(=O)C(N)Cc1ccccc1)C(=O)NC(CC(N)=O)C(=O)NC(CC(=O)O)C(=O)O. The normalized spacial score (nSPS) is 14.1. The van der Waals surface area contributed by atoms with Crippen molar-refractivity contribution in [2.24, 2.45) is 11.5 Å². The smallest absolute Gasteiger partial charge is 0.326 e. The molecule has 0 aliphatic carbocycles. The Hall–Kier alpha value is -4.00. The molecule has 4 unspecified atom stereocenters. The lowest BCUT2D eigenvalue weighted by Gasteiger charge is -2.22. The van der Waals surface area contributed by atoms with Crippen LogP contribution in [0.4, 0.5) is 0 Å². The number of amides is 4. The highest BCUT2D eigenvalue weighted by Gasteiger charge is 2.30. The summed E-state index contributed by atoms with van der Waals surface area (Å²) in [6.07, 6.45) is -1.40. The van der Waals surface area contributed by atoms with E-state index in [1.807, 2.05) is 5.32 Å². The number of primary amides is 1. The fraction of sp³-hybridized carbons (Fsp3) is 0.400. The van der Waals surface area contributed by atoms with E-state index in [0.29, 0.717) is 0 Å². The number of carbonyl (C=O) groups is 6. The first-order valence-electron chi connectivity index (χ1n) is 9.84. The van der Waals surface area contributed by atoms with Gasteiger partial charge in [0.05, 0.1) is 18.9 Å².